The molecule has 0 aliphatic carbocycles. The van der Waals surface area contributed by atoms with Crippen LogP contribution in [0.25, 0.3) is 5.65 Å². The van der Waals surface area contributed by atoms with Crippen LogP contribution in [0, 0.1) is 0 Å². The summed E-state index contributed by atoms with van der Waals surface area (Å²) in [5.41, 5.74) is 0.116. The molecule has 3 heterocycles. The fraction of sp³-hybridized carbons (Fsp3) is 0.300. The van der Waals surface area contributed by atoms with E-state index < -0.39 is 23.7 Å². The van der Waals surface area contributed by atoms with Crippen molar-refractivity contribution >= 4 is 17.5 Å². The molecule has 1 aliphatic heterocycles. The highest BCUT2D eigenvalue weighted by molar-refractivity contribution is 5.94. The lowest BCUT2D eigenvalue weighted by molar-refractivity contribution is -0.274. The van der Waals surface area contributed by atoms with Crippen LogP contribution in [0.3, 0.4) is 0 Å². The Morgan fingerprint density at radius 3 is 2.72 bits per heavy atom. The summed E-state index contributed by atoms with van der Waals surface area (Å²) in [6.45, 7) is 0.00242. The first kappa shape index (κ1) is 21.4. The number of para-hydroxylation sites is 1. The molecule has 1 fully saturated rings. The third kappa shape index (κ3) is 4.74. The van der Waals surface area contributed by atoms with Crippen molar-refractivity contribution in [1.29, 1.82) is 0 Å². The minimum Gasteiger partial charge on any atom is -0.405 e. The molecule has 4 rings (SSSR count). The average Bonchev–Trinajstić information content (AvgIpc) is 3.28. The molecule has 0 radical (unpaired) electrons. The molecule has 2 amide bonds. The van der Waals surface area contributed by atoms with Crippen LogP contribution >= 0.6 is 0 Å². The number of benzene rings is 1. The van der Waals surface area contributed by atoms with Crippen LogP contribution < -0.4 is 21.1 Å². The molecule has 12 heteroatoms. The molecule has 2 N–H and O–H groups in total. The van der Waals surface area contributed by atoms with Gasteiger partial charge in [-0.15, -0.1) is 18.3 Å². The highest BCUT2D eigenvalue weighted by atomic mass is 19.4. The van der Waals surface area contributed by atoms with Crippen molar-refractivity contribution < 1.29 is 27.5 Å². The topological polar surface area (TPSA) is 107 Å². The summed E-state index contributed by atoms with van der Waals surface area (Å²) in [5, 5.41) is 9.48. The fourth-order valence-electron chi connectivity index (χ4n) is 3.45. The minimum atomic E-state index is -4.85. The highest BCUT2D eigenvalue weighted by Gasteiger charge is 2.32. The smallest absolute Gasteiger partial charge is 0.405 e. The van der Waals surface area contributed by atoms with Crippen LogP contribution in [0.5, 0.6) is 5.75 Å². The van der Waals surface area contributed by atoms with E-state index in [2.05, 4.69) is 20.5 Å². The van der Waals surface area contributed by atoms with Crippen LogP contribution in [0.1, 0.15) is 28.8 Å². The zero-order valence-corrected chi connectivity index (χ0v) is 16.6. The quantitative estimate of drug-likeness (QED) is 0.595. The van der Waals surface area contributed by atoms with E-state index in [4.69, 9.17) is 0 Å². The Morgan fingerprint density at radius 2 is 2.00 bits per heavy atom. The van der Waals surface area contributed by atoms with Crippen LogP contribution in [0.15, 0.2) is 47.4 Å². The normalized spacial score (nSPS) is 16.2. The van der Waals surface area contributed by atoms with Gasteiger partial charge in [0, 0.05) is 30.8 Å². The van der Waals surface area contributed by atoms with E-state index in [0.717, 1.165) is 6.07 Å². The van der Waals surface area contributed by atoms with Gasteiger partial charge in [-0.3, -0.25) is 9.59 Å². The van der Waals surface area contributed by atoms with Gasteiger partial charge in [-0.2, -0.15) is 0 Å². The van der Waals surface area contributed by atoms with Crippen molar-refractivity contribution in [3.8, 4) is 5.75 Å². The Bertz CT molecular complexity index is 1230. The molecule has 168 valence electrons. The zero-order valence-electron chi connectivity index (χ0n) is 16.6. The number of aromatic nitrogens is 3. The van der Waals surface area contributed by atoms with E-state index in [1.54, 1.807) is 0 Å². The maximum absolute atomic E-state index is 12.6. The lowest BCUT2D eigenvalue weighted by Crippen LogP contribution is -2.34. The summed E-state index contributed by atoms with van der Waals surface area (Å²) in [5.74, 6) is -1.07. The molecule has 0 spiro atoms. The Kier molecular flexibility index (Phi) is 5.59. The average molecular weight is 449 g/mol. The van der Waals surface area contributed by atoms with Gasteiger partial charge in [0.05, 0.1) is 12.1 Å². The number of hydrogen-bond acceptors (Lipinski definition) is 5. The maximum Gasteiger partial charge on any atom is 0.573 e. The predicted octanol–water partition coefficient (Wildman–Crippen LogP) is 1.60. The molecular formula is C20H18F3N5O4. The standard InChI is InChI=1S/C20H18F3N5O4/c21-20(22,23)32-15-4-2-1-3-12(15)9-24-18(30)13-5-7-16-26-28(19(31)27(16)10-13)11-14-6-8-17(29)25-14/h1-5,7,10,14H,6,8-9,11H2,(H,24,30)(H,25,29). The molecule has 9 nitrogen and oxygen atoms in total. The van der Waals surface area contributed by atoms with E-state index in [0.29, 0.717) is 18.5 Å². The van der Waals surface area contributed by atoms with E-state index >= 15 is 0 Å². The lowest BCUT2D eigenvalue weighted by atomic mass is 10.2. The Hall–Kier alpha value is -3.83. The number of alkyl halides is 3. The molecule has 1 unspecified atom stereocenters. The van der Waals surface area contributed by atoms with Gasteiger partial charge in [0.2, 0.25) is 5.91 Å². The van der Waals surface area contributed by atoms with E-state index in [-0.39, 0.29) is 36.2 Å². The summed E-state index contributed by atoms with van der Waals surface area (Å²) in [7, 11) is 0. The summed E-state index contributed by atoms with van der Waals surface area (Å²) < 4.78 is 44.0. The van der Waals surface area contributed by atoms with E-state index in [9.17, 15) is 27.6 Å². The number of halogens is 3. The summed E-state index contributed by atoms with van der Waals surface area (Å²) >= 11 is 0. The molecule has 0 saturated carbocycles. The third-order valence-electron chi connectivity index (χ3n) is 4.96. The van der Waals surface area contributed by atoms with Gasteiger partial charge in [-0.1, -0.05) is 18.2 Å². The second kappa shape index (κ2) is 8.36. The van der Waals surface area contributed by atoms with Crippen molar-refractivity contribution in [3.05, 3.63) is 64.2 Å². The first-order valence-electron chi connectivity index (χ1n) is 9.70. The van der Waals surface area contributed by atoms with E-state index in [1.165, 1.54) is 45.6 Å². The summed E-state index contributed by atoms with van der Waals surface area (Å²) in [6, 6.07) is 8.23. The first-order valence-corrected chi connectivity index (χ1v) is 9.70. The largest absolute Gasteiger partial charge is 0.573 e. The number of carbonyl (C=O) groups is 2. The molecule has 1 aliphatic rings. The Morgan fingerprint density at radius 1 is 1.22 bits per heavy atom. The number of nitrogens with one attached hydrogen (secondary N) is 2. The number of fused-ring (bicyclic) bond motifs is 1. The summed E-state index contributed by atoms with van der Waals surface area (Å²) in [6.07, 6.45) is -2.55. The lowest BCUT2D eigenvalue weighted by Gasteiger charge is -2.13. The van der Waals surface area contributed by atoms with E-state index in [1.807, 2.05) is 0 Å². The molecule has 0 bridgehead atoms. The number of amides is 2. The van der Waals surface area contributed by atoms with Crippen LogP contribution in [-0.4, -0.2) is 38.4 Å². The minimum absolute atomic E-state index is 0.0759. The number of hydrogen-bond donors (Lipinski definition) is 2. The molecule has 1 atom stereocenters. The van der Waals surface area contributed by atoms with Gasteiger partial charge in [-0.25, -0.2) is 13.9 Å². The molecule has 32 heavy (non-hydrogen) atoms. The zero-order chi connectivity index (χ0) is 22.9. The van der Waals surface area contributed by atoms with Crippen molar-refractivity contribution in [2.45, 2.75) is 38.3 Å². The van der Waals surface area contributed by atoms with Crippen LogP contribution in [-0.2, 0) is 17.9 Å². The Labute approximate surface area is 178 Å². The second-order valence-corrected chi connectivity index (χ2v) is 7.25. The second-order valence-electron chi connectivity index (χ2n) is 7.25. The fourth-order valence-corrected chi connectivity index (χ4v) is 3.45. The number of ether oxygens (including phenoxy) is 1. The van der Waals surface area contributed by atoms with Gasteiger partial charge >= 0.3 is 12.1 Å². The predicted molar refractivity (Wildman–Crippen MR) is 105 cm³/mol. The molecular weight excluding hydrogens is 431 g/mol. The number of nitrogens with zero attached hydrogens (tertiary/aromatic N) is 3. The number of rotatable bonds is 6. The molecule has 1 aromatic carbocycles. The Balaban J connectivity index is 1.48. The monoisotopic (exact) mass is 449 g/mol. The van der Waals surface area contributed by atoms with Gasteiger partial charge < -0.3 is 15.4 Å². The SMILES string of the molecule is O=C1CCC(Cn2nc3ccc(C(=O)NCc4ccccc4OC(F)(F)F)cn3c2=O)N1. The third-order valence-corrected chi connectivity index (χ3v) is 4.96. The van der Waals surface area contributed by atoms with Gasteiger partial charge in [0.25, 0.3) is 5.91 Å². The first-order chi connectivity index (χ1) is 15.2. The number of carbonyl (C=O) groups excluding carboxylic acids is 2. The van der Waals surface area contributed by atoms with Gasteiger partial charge in [-0.05, 0) is 24.6 Å². The van der Waals surface area contributed by atoms with Crippen molar-refractivity contribution in [3.63, 3.8) is 0 Å². The highest BCUT2D eigenvalue weighted by Crippen LogP contribution is 2.26. The number of pyridine rings is 1. The van der Waals surface area contributed by atoms with Crippen LogP contribution in [0.2, 0.25) is 0 Å². The molecule has 2 aromatic heterocycles. The molecule has 3 aromatic rings. The van der Waals surface area contributed by atoms with Gasteiger partial charge in [0.1, 0.15) is 5.75 Å². The van der Waals surface area contributed by atoms with Gasteiger partial charge in [0.15, 0.2) is 5.65 Å². The summed E-state index contributed by atoms with van der Waals surface area (Å²) in [4.78, 5) is 36.5. The van der Waals surface area contributed by atoms with Crippen molar-refractivity contribution in [2.75, 3.05) is 0 Å². The maximum atomic E-state index is 12.6. The van der Waals surface area contributed by atoms with Crippen LogP contribution in [0.4, 0.5) is 13.2 Å². The van der Waals surface area contributed by atoms with Crippen molar-refractivity contribution in [1.82, 2.24) is 24.8 Å². The molecule has 1 saturated heterocycles. The van der Waals surface area contributed by atoms with Crippen molar-refractivity contribution in [2.24, 2.45) is 0 Å².